The molecule has 4 amide bonds. The average Bonchev–Trinajstić information content (AvgIpc) is 2.56. The van der Waals surface area contributed by atoms with Gasteiger partial charge >= 0.3 is 6.03 Å². The number of nitrogens with one attached hydrogen (secondary N) is 4. The Morgan fingerprint density at radius 2 is 1.65 bits per heavy atom. The molecule has 0 heterocycles. The highest BCUT2D eigenvalue weighted by molar-refractivity contribution is 5.84. The number of urea groups is 1. The molecule has 0 atom stereocenters. The zero-order chi connectivity index (χ0) is 16.9. The van der Waals surface area contributed by atoms with Gasteiger partial charge in [-0.05, 0) is 25.7 Å². The van der Waals surface area contributed by atoms with E-state index in [4.69, 9.17) is 0 Å². The van der Waals surface area contributed by atoms with E-state index in [0.29, 0.717) is 25.9 Å². The predicted molar refractivity (Wildman–Crippen MR) is 89.0 cm³/mol. The van der Waals surface area contributed by atoms with E-state index < -0.39 is 0 Å². The van der Waals surface area contributed by atoms with Crippen LogP contribution in [0.5, 0.6) is 0 Å². The summed E-state index contributed by atoms with van der Waals surface area (Å²) < 4.78 is 0. The lowest BCUT2D eigenvalue weighted by Crippen LogP contribution is -2.43. The summed E-state index contributed by atoms with van der Waals surface area (Å²) in [5, 5.41) is 11.0. The van der Waals surface area contributed by atoms with Gasteiger partial charge in [0.15, 0.2) is 0 Å². The molecular weight excluding hydrogens is 296 g/mol. The molecule has 7 heteroatoms. The third kappa shape index (κ3) is 9.76. The largest absolute Gasteiger partial charge is 0.355 e. The number of carbonyl (C=O) groups excluding carboxylic acids is 3. The Balaban J connectivity index is 1.99. The van der Waals surface area contributed by atoms with E-state index >= 15 is 0 Å². The molecule has 1 aliphatic carbocycles. The number of carbonyl (C=O) groups is 3. The van der Waals surface area contributed by atoms with Crippen molar-refractivity contribution < 1.29 is 14.4 Å². The van der Waals surface area contributed by atoms with Crippen LogP contribution in [0.25, 0.3) is 0 Å². The standard InChI is InChI=1S/C16H30N4O3/c1-2-10-17-15(22)12-19-14(21)9-6-11-18-16(23)20-13-7-4-3-5-8-13/h13H,2-12H2,1H3,(H,17,22)(H,19,21)(H2,18,20,23). The molecule has 0 radical (unpaired) electrons. The van der Waals surface area contributed by atoms with Gasteiger partial charge in [-0.1, -0.05) is 26.2 Å². The first-order chi connectivity index (χ1) is 11.1. The van der Waals surface area contributed by atoms with Gasteiger partial charge in [0.05, 0.1) is 6.54 Å². The maximum atomic E-state index is 11.7. The van der Waals surface area contributed by atoms with Crippen molar-refractivity contribution in [3.63, 3.8) is 0 Å². The van der Waals surface area contributed by atoms with Crippen LogP contribution in [0.2, 0.25) is 0 Å². The molecule has 132 valence electrons. The van der Waals surface area contributed by atoms with Crippen molar-refractivity contribution in [2.45, 2.75) is 64.3 Å². The van der Waals surface area contributed by atoms with Crippen molar-refractivity contribution in [3.8, 4) is 0 Å². The van der Waals surface area contributed by atoms with Crippen molar-refractivity contribution in [2.75, 3.05) is 19.6 Å². The fourth-order valence-electron chi connectivity index (χ4n) is 2.53. The lowest BCUT2D eigenvalue weighted by Gasteiger charge is -2.22. The molecule has 1 fully saturated rings. The van der Waals surface area contributed by atoms with Crippen LogP contribution in [0.1, 0.15) is 58.3 Å². The summed E-state index contributed by atoms with van der Waals surface area (Å²) in [5.41, 5.74) is 0. The topological polar surface area (TPSA) is 99.3 Å². The third-order valence-electron chi connectivity index (χ3n) is 3.82. The minimum Gasteiger partial charge on any atom is -0.355 e. The molecule has 23 heavy (non-hydrogen) atoms. The molecule has 0 aliphatic heterocycles. The number of hydrogen-bond donors (Lipinski definition) is 4. The van der Waals surface area contributed by atoms with Gasteiger partial charge in [0.25, 0.3) is 0 Å². The number of rotatable bonds is 9. The highest BCUT2D eigenvalue weighted by Gasteiger charge is 2.15. The second-order valence-corrected chi connectivity index (χ2v) is 5.97. The van der Waals surface area contributed by atoms with E-state index in [1.807, 2.05) is 6.92 Å². The van der Waals surface area contributed by atoms with E-state index in [-0.39, 0.29) is 30.4 Å². The van der Waals surface area contributed by atoms with Crippen LogP contribution in [0.3, 0.4) is 0 Å². The molecule has 1 saturated carbocycles. The molecule has 0 unspecified atom stereocenters. The molecule has 0 aromatic carbocycles. The van der Waals surface area contributed by atoms with Crippen LogP contribution < -0.4 is 21.3 Å². The van der Waals surface area contributed by atoms with Crippen LogP contribution in [0.15, 0.2) is 0 Å². The molecule has 1 aliphatic rings. The summed E-state index contributed by atoms with van der Waals surface area (Å²) in [6.07, 6.45) is 7.44. The molecule has 0 aromatic heterocycles. The van der Waals surface area contributed by atoms with Gasteiger partial charge in [-0.3, -0.25) is 9.59 Å². The average molecular weight is 326 g/mol. The Labute approximate surface area is 138 Å². The van der Waals surface area contributed by atoms with Gasteiger partial charge in [0.1, 0.15) is 0 Å². The summed E-state index contributed by atoms with van der Waals surface area (Å²) in [7, 11) is 0. The zero-order valence-corrected chi connectivity index (χ0v) is 14.1. The number of hydrogen-bond acceptors (Lipinski definition) is 3. The minimum atomic E-state index is -0.176. The van der Waals surface area contributed by atoms with Crippen molar-refractivity contribution in [2.24, 2.45) is 0 Å². The maximum Gasteiger partial charge on any atom is 0.315 e. The maximum absolute atomic E-state index is 11.7. The van der Waals surface area contributed by atoms with E-state index in [0.717, 1.165) is 19.3 Å². The summed E-state index contributed by atoms with van der Waals surface area (Å²) in [4.78, 5) is 34.6. The van der Waals surface area contributed by atoms with Gasteiger partial charge in [0.2, 0.25) is 11.8 Å². The molecule has 0 saturated heterocycles. The van der Waals surface area contributed by atoms with Crippen LogP contribution >= 0.6 is 0 Å². The molecule has 4 N–H and O–H groups in total. The normalized spacial score (nSPS) is 14.8. The second kappa shape index (κ2) is 11.7. The minimum absolute atomic E-state index is 0.00836. The van der Waals surface area contributed by atoms with E-state index in [1.54, 1.807) is 0 Å². The molecule has 0 spiro atoms. The Hall–Kier alpha value is -1.79. The van der Waals surface area contributed by atoms with E-state index in [9.17, 15) is 14.4 Å². The summed E-state index contributed by atoms with van der Waals surface area (Å²) >= 11 is 0. The Kier molecular flexibility index (Phi) is 9.83. The van der Waals surface area contributed by atoms with Crippen molar-refractivity contribution in [1.82, 2.24) is 21.3 Å². The van der Waals surface area contributed by atoms with Gasteiger partial charge < -0.3 is 21.3 Å². The molecule has 0 bridgehead atoms. The van der Waals surface area contributed by atoms with Gasteiger partial charge in [-0.25, -0.2) is 4.79 Å². The van der Waals surface area contributed by atoms with Gasteiger partial charge in [-0.2, -0.15) is 0 Å². The first-order valence-corrected chi connectivity index (χ1v) is 8.69. The predicted octanol–water partition coefficient (Wildman–Crippen LogP) is 1.04. The highest BCUT2D eigenvalue weighted by Crippen LogP contribution is 2.17. The SMILES string of the molecule is CCCNC(=O)CNC(=O)CCCNC(=O)NC1CCCCC1. The monoisotopic (exact) mass is 326 g/mol. The quantitative estimate of drug-likeness (QED) is 0.476. The second-order valence-electron chi connectivity index (χ2n) is 5.97. The molecule has 7 nitrogen and oxygen atoms in total. The summed E-state index contributed by atoms with van der Waals surface area (Å²) in [6.45, 7) is 3.05. The van der Waals surface area contributed by atoms with Crippen molar-refractivity contribution in [1.29, 1.82) is 0 Å². The molecule has 1 rings (SSSR count). The molecular formula is C16H30N4O3. The summed E-state index contributed by atoms with van der Waals surface area (Å²) in [5.74, 6) is -0.351. The Morgan fingerprint density at radius 3 is 2.35 bits per heavy atom. The highest BCUT2D eigenvalue weighted by atomic mass is 16.2. The lowest BCUT2D eigenvalue weighted by molar-refractivity contribution is -0.126. The first kappa shape index (κ1) is 19.3. The van der Waals surface area contributed by atoms with E-state index in [2.05, 4.69) is 21.3 Å². The van der Waals surface area contributed by atoms with Crippen LogP contribution in [-0.4, -0.2) is 43.5 Å². The zero-order valence-electron chi connectivity index (χ0n) is 14.1. The smallest absolute Gasteiger partial charge is 0.315 e. The fraction of sp³-hybridized carbons (Fsp3) is 0.812. The summed E-state index contributed by atoms with van der Waals surface area (Å²) in [6, 6.07) is 0.130. The first-order valence-electron chi connectivity index (χ1n) is 8.69. The lowest BCUT2D eigenvalue weighted by atomic mass is 9.96. The van der Waals surface area contributed by atoms with Crippen LogP contribution in [0, 0.1) is 0 Å². The third-order valence-corrected chi connectivity index (χ3v) is 3.82. The van der Waals surface area contributed by atoms with Crippen molar-refractivity contribution >= 4 is 17.8 Å². The Morgan fingerprint density at radius 1 is 0.913 bits per heavy atom. The van der Waals surface area contributed by atoms with Crippen molar-refractivity contribution in [3.05, 3.63) is 0 Å². The molecule has 0 aromatic rings. The van der Waals surface area contributed by atoms with Gasteiger partial charge in [-0.15, -0.1) is 0 Å². The Bertz CT molecular complexity index is 382. The van der Waals surface area contributed by atoms with Crippen LogP contribution in [0.4, 0.5) is 4.79 Å². The fourth-order valence-corrected chi connectivity index (χ4v) is 2.53. The van der Waals surface area contributed by atoms with Crippen LogP contribution in [-0.2, 0) is 9.59 Å². The van der Waals surface area contributed by atoms with E-state index in [1.165, 1.54) is 19.3 Å². The van der Waals surface area contributed by atoms with Gasteiger partial charge in [0, 0.05) is 25.6 Å². The number of amides is 4.